The highest BCUT2D eigenvalue weighted by atomic mass is 32.2. The molecule has 0 saturated carbocycles. The number of thiol groups is 1. The molecule has 1 aliphatic heterocycles. The molecule has 13 nitrogen and oxygen atoms in total. The molecule has 0 N–H and O–H groups in total. The van der Waals surface area contributed by atoms with E-state index in [1.54, 1.807) is 11.8 Å². The van der Waals surface area contributed by atoms with Gasteiger partial charge in [0.1, 0.15) is 0 Å². The Labute approximate surface area is 173 Å². The largest absolute Gasteiger partial charge is 0.343 e. The van der Waals surface area contributed by atoms with Crippen molar-refractivity contribution in [2.75, 3.05) is 32.8 Å². The van der Waals surface area contributed by atoms with Crippen LogP contribution in [0.2, 0.25) is 0 Å². The SMILES string of the molecule is CCOC(S)(Sc1c([N+](=O)[O-])cc([N+](=O)[O-])cc1[N+](=O)[O-])N1CCN(C=O)CC1. The van der Waals surface area contributed by atoms with E-state index in [2.05, 4.69) is 12.6 Å². The summed E-state index contributed by atoms with van der Waals surface area (Å²) >= 11 is 5.11. The van der Waals surface area contributed by atoms with Crippen molar-refractivity contribution in [3.8, 4) is 0 Å². The summed E-state index contributed by atoms with van der Waals surface area (Å²) in [7, 11) is 0. The first-order chi connectivity index (χ1) is 13.6. The van der Waals surface area contributed by atoms with Gasteiger partial charge in [-0.3, -0.25) is 40.0 Å². The smallest absolute Gasteiger partial charge is 0.296 e. The molecule has 1 atom stereocenters. The number of piperazine rings is 1. The molecule has 1 aliphatic rings. The molecule has 1 heterocycles. The number of benzene rings is 1. The lowest BCUT2D eigenvalue weighted by atomic mass is 10.2. The van der Waals surface area contributed by atoms with E-state index in [0.717, 1.165) is 0 Å². The predicted octanol–water partition coefficient (Wildman–Crippen LogP) is 1.85. The Balaban J connectivity index is 2.52. The van der Waals surface area contributed by atoms with Crippen LogP contribution in [0.1, 0.15) is 6.92 Å². The van der Waals surface area contributed by atoms with E-state index in [1.165, 1.54) is 4.90 Å². The molecule has 0 radical (unpaired) electrons. The van der Waals surface area contributed by atoms with E-state index in [-0.39, 0.29) is 6.61 Å². The summed E-state index contributed by atoms with van der Waals surface area (Å²) in [5.74, 6) is 0. The maximum absolute atomic E-state index is 11.5. The molecule has 1 saturated heterocycles. The van der Waals surface area contributed by atoms with Gasteiger partial charge in [0.05, 0.1) is 26.9 Å². The minimum atomic E-state index is -1.53. The number of thioether (sulfide) groups is 1. The summed E-state index contributed by atoms with van der Waals surface area (Å²) in [6, 6.07) is 1.33. The van der Waals surface area contributed by atoms with Gasteiger partial charge in [0.2, 0.25) is 10.8 Å². The number of hydrogen-bond donors (Lipinski definition) is 1. The van der Waals surface area contributed by atoms with Crippen molar-refractivity contribution in [3.05, 3.63) is 42.5 Å². The Morgan fingerprint density at radius 3 is 2.00 bits per heavy atom. The highest BCUT2D eigenvalue weighted by Crippen LogP contribution is 2.49. The monoisotopic (exact) mass is 447 g/mol. The lowest BCUT2D eigenvalue weighted by molar-refractivity contribution is -0.407. The first kappa shape index (κ1) is 22.8. The average molecular weight is 447 g/mol. The molecule has 0 spiro atoms. The second-order valence-electron chi connectivity index (χ2n) is 5.80. The lowest BCUT2D eigenvalue weighted by Crippen LogP contribution is -2.54. The minimum Gasteiger partial charge on any atom is -0.343 e. The molecule has 29 heavy (non-hydrogen) atoms. The number of nitro groups is 3. The van der Waals surface area contributed by atoms with Gasteiger partial charge in [0.15, 0.2) is 4.90 Å². The van der Waals surface area contributed by atoms with Crippen molar-refractivity contribution < 1.29 is 24.3 Å². The van der Waals surface area contributed by atoms with Crippen molar-refractivity contribution in [2.24, 2.45) is 0 Å². The quantitative estimate of drug-likeness (QED) is 0.148. The van der Waals surface area contributed by atoms with Crippen LogP contribution in [-0.4, -0.2) is 68.2 Å². The van der Waals surface area contributed by atoms with Gasteiger partial charge < -0.3 is 9.64 Å². The molecule has 0 bridgehead atoms. The summed E-state index contributed by atoms with van der Waals surface area (Å²) in [6.07, 6.45) is 0.692. The Hall–Kier alpha value is -2.49. The third kappa shape index (κ3) is 5.11. The zero-order valence-electron chi connectivity index (χ0n) is 15.1. The van der Waals surface area contributed by atoms with E-state index in [1.807, 2.05) is 0 Å². The number of carbonyl (C=O) groups excluding carboxylic acids is 1. The minimum absolute atomic E-state index is 0.138. The molecule has 2 rings (SSSR count). The zero-order chi connectivity index (χ0) is 21.8. The van der Waals surface area contributed by atoms with Crippen LogP contribution in [-0.2, 0) is 9.53 Å². The van der Waals surface area contributed by atoms with Crippen LogP contribution in [0, 0.1) is 30.3 Å². The highest BCUT2D eigenvalue weighted by molar-refractivity contribution is 8.11. The summed E-state index contributed by atoms with van der Waals surface area (Å²) in [6.45, 7) is 3.12. The molecule has 158 valence electrons. The van der Waals surface area contributed by atoms with Gasteiger partial charge in [-0.2, -0.15) is 0 Å². The number of nitrogens with zero attached hydrogens (tertiary/aromatic N) is 5. The number of ether oxygens (including phenoxy) is 1. The molecule has 1 unspecified atom stereocenters. The van der Waals surface area contributed by atoms with Crippen molar-refractivity contribution >= 4 is 47.9 Å². The Morgan fingerprint density at radius 1 is 1.10 bits per heavy atom. The normalized spacial score (nSPS) is 16.8. The van der Waals surface area contributed by atoms with Crippen LogP contribution in [0.4, 0.5) is 17.1 Å². The number of nitro benzene ring substituents is 3. The molecular weight excluding hydrogens is 430 g/mol. The van der Waals surface area contributed by atoms with Gasteiger partial charge in [-0.15, -0.1) is 12.6 Å². The fraction of sp³-hybridized carbons (Fsp3) is 0.500. The van der Waals surface area contributed by atoms with Gasteiger partial charge in [-0.05, 0) is 18.7 Å². The molecule has 1 amide bonds. The Morgan fingerprint density at radius 2 is 1.62 bits per heavy atom. The second-order valence-corrected chi connectivity index (χ2v) is 7.87. The highest BCUT2D eigenvalue weighted by Gasteiger charge is 2.42. The fourth-order valence-corrected chi connectivity index (χ4v) is 4.51. The molecule has 0 aliphatic carbocycles. The Bertz CT molecular complexity index is 797. The second kappa shape index (κ2) is 9.34. The third-order valence-electron chi connectivity index (χ3n) is 4.07. The van der Waals surface area contributed by atoms with Gasteiger partial charge >= 0.3 is 0 Å². The van der Waals surface area contributed by atoms with Crippen LogP contribution in [0.25, 0.3) is 0 Å². The van der Waals surface area contributed by atoms with Crippen LogP contribution >= 0.6 is 24.4 Å². The van der Waals surface area contributed by atoms with Crippen molar-refractivity contribution in [1.82, 2.24) is 9.80 Å². The van der Waals surface area contributed by atoms with Gasteiger partial charge in [-0.25, -0.2) is 0 Å². The van der Waals surface area contributed by atoms with Gasteiger partial charge in [0, 0.05) is 32.8 Å². The van der Waals surface area contributed by atoms with Crippen molar-refractivity contribution in [3.63, 3.8) is 0 Å². The molecular formula is C14H17N5O8S2. The topological polar surface area (TPSA) is 162 Å². The van der Waals surface area contributed by atoms with E-state index >= 15 is 0 Å². The number of rotatable bonds is 9. The van der Waals surface area contributed by atoms with Gasteiger partial charge in [-0.1, -0.05) is 0 Å². The van der Waals surface area contributed by atoms with Crippen LogP contribution in [0.3, 0.4) is 0 Å². The van der Waals surface area contributed by atoms with Crippen molar-refractivity contribution in [1.29, 1.82) is 0 Å². The number of carbonyl (C=O) groups is 1. The van der Waals surface area contributed by atoms with Crippen LogP contribution in [0.15, 0.2) is 17.0 Å². The molecule has 15 heteroatoms. The predicted molar refractivity (Wildman–Crippen MR) is 105 cm³/mol. The number of non-ortho nitro benzene ring substituents is 1. The maximum Gasteiger partial charge on any atom is 0.296 e. The number of amides is 1. The summed E-state index contributed by atoms with van der Waals surface area (Å²) in [4.78, 5) is 44.9. The van der Waals surface area contributed by atoms with Gasteiger partial charge in [0.25, 0.3) is 17.1 Å². The average Bonchev–Trinajstić information content (AvgIpc) is 2.67. The number of hydrogen-bond acceptors (Lipinski definition) is 11. The fourth-order valence-electron chi connectivity index (χ4n) is 2.68. The maximum atomic E-state index is 11.5. The molecule has 0 aromatic heterocycles. The zero-order valence-corrected chi connectivity index (χ0v) is 16.8. The lowest BCUT2D eigenvalue weighted by Gasteiger charge is -2.42. The third-order valence-corrected chi connectivity index (χ3v) is 6.02. The van der Waals surface area contributed by atoms with E-state index in [0.29, 0.717) is 56.5 Å². The van der Waals surface area contributed by atoms with E-state index in [9.17, 15) is 35.1 Å². The van der Waals surface area contributed by atoms with Crippen molar-refractivity contribution in [2.45, 2.75) is 16.2 Å². The first-order valence-corrected chi connectivity index (χ1v) is 9.50. The van der Waals surface area contributed by atoms with Crippen LogP contribution in [0.5, 0.6) is 0 Å². The summed E-state index contributed by atoms with van der Waals surface area (Å²) in [5, 5.41) is 34.0. The Kier molecular flexibility index (Phi) is 7.34. The van der Waals surface area contributed by atoms with E-state index < -0.39 is 41.1 Å². The first-order valence-electron chi connectivity index (χ1n) is 8.24. The summed E-state index contributed by atoms with van der Waals surface area (Å²) < 4.78 is 4.12. The molecule has 1 aromatic carbocycles. The standard InChI is InChI=1S/C14H17N5O8S2/c1-2-27-14(28,16-5-3-15(9-20)4-6-16)29-13-11(18(23)24)7-10(17(21)22)8-12(13)19(25)26/h7-9,28H,2-6H2,1H3. The molecule has 1 aromatic rings. The van der Waals surface area contributed by atoms with E-state index in [4.69, 9.17) is 4.74 Å². The van der Waals surface area contributed by atoms with Crippen LogP contribution < -0.4 is 0 Å². The summed E-state index contributed by atoms with van der Waals surface area (Å²) in [5.41, 5.74) is -2.35. The molecule has 1 fully saturated rings.